The number of rotatable bonds is 1. The van der Waals surface area contributed by atoms with Gasteiger partial charge in [0.1, 0.15) is 0 Å². The van der Waals surface area contributed by atoms with Gasteiger partial charge in [0.05, 0.1) is 5.57 Å². The van der Waals surface area contributed by atoms with Gasteiger partial charge in [0.25, 0.3) is 0 Å². The predicted octanol–water partition coefficient (Wildman–Crippen LogP) is 0.893. The van der Waals surface area contributed by atoms with Crippen LogP contribution >= 0.6 is 0 Å². The first kappa shape index (κ1) is 7.85. The summed E-state index contributed by atoms with van der Waals surface area (Å²) in [5.41, 5.74) is 0.170. The van der Waals surface area contributed by atoms with Crippen molar-refractivity contribution in [2.45, 2.75) is 19.4 Å². The van der Waals surface area contributed by atoms with Gasteiger partial charge in [-0.3, -0.25) is 0 Å². The van der Waals surface area contributed by atoms with Crippen molar-refractivity contribution in [2.75, 3.05) is 0 Å². The molecule has 0 unspecified atom stereocenters. The SMILES string of the molecule is CC1(C)C=CC(C(=O)O)=CN1. The maximum atomic E-state index is 10.4. The molecule has 0 aromatic carbocycles. The lowest BCUT2D eigenvalue weighted by Gasteiger charge is -2.24. The molecule has 0 saturated carbocycles. The Kier molecular flexibility index (Phi) is 1.72. The second kappa shape index (κ2) is 2.42. The number of aliphatic carboxylic acids is 1. The highest BCUT2D eigenvalue weighted by Crippen LogP contribution is 2.12. The minimum absolute atomic E-state index is 0.126. The normalized spacial score (nSPS) is 20.4. The average molecular weight is 153 g/mol. The van der Waals surface area contributed by atoms with Crippen molar-refractivity contribution in [2.24, 2.45) is 0 Å². The summed E-state index contributed by atoms with van der Waals surface area (Å²) in [5, 5.41) is 11.5. The Bertz CT molecular complexity index is 238. The summed E-state index contributed by atoms with van der Waals surface area (Å²) in [7, 11) is 0. The fourth-order valence-corrected chi connectivity index (χ4v) is 0.791. The van der Waals surface area contributed by atoms with E-state index in [4.69, 9.17) is 5.11 Å². The number of hydrogen-bond acceptors (Lipinski definition) is 2. The maximum Gasteiger partial charge on any atom is 0.337 e. The molecule has 1 aliphatic heterocycles. The second-order valence-corrected chi connectivity index (χ2v) is 3.10. The van der Waals surface area contributed by atoms with Gasteiger partial charge < -0.3 is 10.4 Å². The highest BCUT2D eigenvalue weighted by molar-refractivity contribution is 5.90. The van der Waals surface area contributed by atoms with Gasteiger partial charge in [-0.2, -0.15) is 0 Å². The van der Waals surface area contributed by atoms with Crippen LogP contribution in [0.4, 0.5) is 0 Å². The summed E-state index contributed by atoms with van der Waals surface area (Å²) in [4.78, 5) is 10.4. The lowest BCUT2D eigenvalue weighted by Crippen LogP contribution is -2.35. The standard InChI is InChI=1S/C8H11NO2/c1-8(2)4-3-6(5-9-8)7(10)11/h3-5,9H,1-2H3,(H,10,11). The van der Waals surface area contributed by atoms with Gasteiger partial charge in [-0.1, -0.05) is 6.08 Å². The van der Waals surface area contributed by atoms with E-state index in [1.165, 1.54) is 6.20 Å². The van der Waals surface area contributed by atoms with Gasteiger partial charge in [-0.25, -0.2) is 4.79 Å². The molecule has 0 aromatic heterocycles. The molecule has 60 valence electrons. The van der Waals surface area contributed by atoms with Crippen LogP contribution < -0.4 is 5.32 Å². The summed E-state index contributed by atoms with van der Waals surface area (Å²) in [6.07, 6.45) is 4.96. The molecule has 2 N–H and O–H groups in total. The van der Waals surface area contributed by atoms with Crippen LogP contribution in [0.3, 0.4) is 0 Å². The van der Waals surface area contributed by atoms with Crippen LogP contribution in [0.2, 0.25) is 0 Å². The molecule has 3 heteroatoms. The van der Waals surface area contributed by atoms with Crippen molar-refractivity contribution in [3.05, 3.63) is 23.9 Å². The fraction of sp³-hybridized carbons (Fsp3) is 0.375. The summed E-state index contributed by atoms with van der Waals surface area (Å²) >= 11 is 0. The molecule has 0 bridgehead atoms. The Hall–Kier alpha value is -1.25. The topological polar surface area (TPSA) is 49.3 Å². The van der Waals surface area contributed by atoms with Gasteiger partial charge in [-0.05, 0) is 19.9 Å². The van der Waals surface area contributed by atoms with Crippen LogP contribution in [-0.2, 0) is 4.79 Å². The van der Waals surface area contributed by atoms with Crippen molar-refractivity contribution in [1.29, 1.82) is 0 Å². The van der Waals surface area contributed by atoms with Gasteiger partial charge in [-0.15, -0.1) is 0 Å². The first-order chi connectivity index (χ1) is 5.01. The van der Waals surface area contributed by atoms with E-state index < -0.39 is 5.97 Å². The lowest BCUT2D eigenvalue weighted by atomic mass is 10.0. The second-order valence-electron chi connectivity index (χ2n) is 3.10. The molecule has 11 heavy (non-hydrogen) atoms. The number of carbonyl (C=O) groups is 1. The molecule has 0 aliphatic carbocycles. The molecular formula is C8H11NO2. The molecule has 0 aromatic rings. The van der Waals surface area contributed by atoms with Crippen molar-refractivity contribution in [3.8, 4) is 0 Å². The zero-order valence-electron chi connectivity index (χ0n) is 6.59. The number of hydrogen-bond donors (Lipinski definition) is 2. The van der Waals surface area contributed by atoms with Crippen LogP contribution in [0.25, 0.3) is 0 Å². The molecule has 0 atom stereocenters. The number of dihydropyridines is 1. The van der Waals surface area contributed by atoms with Crippen LogP contribution in [0.5, 0.6) is 0 Å². The molecule has 1 rings (SSSR count). The highest BCUT2D eigenvalue weighted by Gasteiger charge is 2.16. The summed E-state index contributed by atoms with van der Waals surface area (Å²) in [6.45, 7) is 3.94. The molecule has 0 spiro atoms. The number of carboxylic acid groups (broad SMARTS) is 1. The Morgan fingerprint density at radius 2 is 2.27 bits per heavy atom. The highest BCUT2D eigenvalue weighted by atomic mass is 16.4. The molecule has 0 amide bonds. The smallest absolute Gasteiger partial charge is 0.337 e. The van der Waals surface area contributed by atoms with E-state index in [0.29, 0.717) is 5.57 Å². The first-order valence-electron chi connectivity index (χ1n) is 3.42. The van der Waals surface area contributed by atoms with Gasteiger partial charge in [0, 0.05) is 11.7 Å². The van der Waals surface area contributed by atoms with E-state index in [0.717, 1.165) is 0 Å². The first-order valence-corrected chi connectivity index (χ1v) is 3.42. The van der Waals surface area contributed by atoms with Crippen molar-refractivity contribution < 1.29 is 9.90 Å². The summed E-state index contributed by atoms with van der Waals surface area (Å²) < 4.78 is 0. The van der Waals surface area contributed by atoms with Crippen LogP contribution in [0.15, 0.2) is 23.9 Å². The molecule has 0 radical (unpaired) electrons. The van der Waals surface area contributed by atoms with Gasteiger partial charge in [0.2, 0.25) is 0 Å². The van der Waals surface area contributed by atoms with Crippen LogP contribution in [0, 0.1) is 0 Å². The van der Waals surface area contributed by atoms with E-state index in [1.54, 1.807) is 6.08 Å². The molecule has 0 saturated heterocycles. The van der Waals surface area contributed by atoms with E-state index in [-0.39, 0.29) is 5.54 Å². The summed E-state index contributed by atoms with van der Waals surface area (Å²) in [5.74, 6) is -0.899. The van der Waals surface area contributed by atoms with E-state index >= 15 is 0 Å². The minimum Gasteiger partial charge on any atom is -0.478 e. The molecule has 0 fully saturated rings. The maximum absolute atomic E-state index is 10.4. The Morgan fingerprint density at radius 3 is 2.64 bits per heavy atom. The third-order valence-electron chi connectivity index (χ3n) is 1.53. The zero-order chi connectivity index (χ0) is 8.48. The third-order valence-corrected chi connectivity index (χ3v) is 1.53. The Labute approximate surface area is 65.4 Å². The molecule has 1 aliphatic rings. The van der Waals surface area contributed by atoms with E-state index in [2.05, 4.69) is 5.32 Å². The number of carboxylic acids is 1. The predicted molar refractivity (Wildman–Crippen MR) is 42.1 cm³/mol. The van der Waals surface area contributed by atoms with Gasteiger partial charge >= 0.3 is 5.97 Å². The van der Waals surface area contributed by atoms with Crippen molar-refractivity contribution in [3.63, 3.8) is 0 Å². The minimum atomic E-state index is -0.899. The fourth-order valence-electron chi connectivity index (χ4n) is 0.791. The monoisotopic (exact) mass is 153 g/mol. The van der Waals surface area contributed by atoms with Crippen LogP contribution in [-0.4, -0.2) is 16.6 Å². The molecule has 3 nitrogen and oxygen atoms in total. The average Bonchev–Trinajstić information content (AvgIpc) is 1.86. The van der Waals surface area contributed by atoms with E-state index in [9.17, 15) is 4.79 Å². The van der Waals surface area contributed by atoms with Crippen molar-refractivity contribution in [1.82, 2.24) is 5.32 Å². The third kappa shape index (κ3) is 1.83. The quantitative estimate of drug-likeness (QED) is 0.588. The molecular weight excluding hydrogens is 142 g/mol. The lowest BCUT2D eigenvalue weighted by molar-refractivity contribution is -0.132. The largest absolute Gasteiger partial charge is 0.478 e. The van der Waals surface area contributed by atoms with Gasteiger partial charge in [0.15, 0.2) is 0 Å². The van der Waals surface area contributed by atoms with E-state index in [1.807, 2.05) is 19.9 Å². The molecule has 1 heterocycles. The van der Waals surface area contributed by atoms with Crippen molar-refractivity contribution >= 4 is 5.97 Å². The zero-order valence-corrected chi connectivity index (χ0v) is 6.59. The Balaban J connectivity index is 2.75. The van der Waals surface area contributed by atoms with Crippen LogP contribution in [0.1, 0.15) is 13.8 Å². The Morgan fingerprint density at radius 1 is 1.64 bits per heavy atom. The number of nitrogens with one attached hydrogen (secondary N) is 1. The summed E-state index contributed by atoms with van der Waals surface area (Å²) in [6, 6.07) is 0.